The molecule has 1 nitrogen and oxygen atoms in total. The Labute approximate surface area is 285 Å². The molecule has 0 amide bonds. The van der Waals surface area contributed by atoms with E-state index in [-0.39, 0.29) is 10.8 Å². The summed E-state index contributed by atoms with van der Waals surface area (Å²) in [5, 5.41) is 5.27. The van der Waals surface area contributed by atoms with Crippen LogP contribution in [-0.2, 0) is 10.8 Å². The minimum absolute atomic E-state index is 0.0856. The van der Waals surface area contributed by atoms with E-state index in [4.69, 9.17) is 0 Å². The van der Waals surface area contributed by atoms with Gasteiger partial charge in [-0.1, -0.05) is 137 Å². The minimum Gasteiger partial charge on any atom is -0.308 e. The molecule has 0 atom stereocenters. The third-order valence-corrected chi connectivity index (χ3v) is 12.5. The molecule has 8 aromatic rings. The molecule has 2 aliphatic carbocycles. The lowest BCUT2D eigenvalue weighted by Crippen LogP contribution is -2.17. The molecule has 230 valence electrons. The first-order valence-corrected chi connectivity index (χ1v) is 17.8. The van der Waals surface area contributed by atoms with E-state index in [0.29, 0.717) is 0 Å². The summed E-state index contributed by atoms with van der Waals surface area (Å²) >= 11 is 1.91. The lowest BCUT2D eigenvalue weighted by molar-refractivity contribution is 0.660. The lowest BCUT2D eigenvalue weighted by Gasteiger charge is -2.30. The van der Waals surface area contributed by atoms with Crippen molar-refractivity contribution in [2.45, 2.75) is 38.5 Å². The van der Waals surface area contributed by atoms with Gasteiger partial charge in [0.1, 0.15) is 0 Å². The van der Waals surface area contributed by atoms with Crippen LogP contribution in [0.15, 0.2) is 140 Å². The van der Waals surface area contributed by atoms with E-state index in [2.05, 4.69) is 172 Å². The predicted molar refractivity (Wildman–Crippen MR) is 207 cm³/mol. The molecule has 48 heavy (non-hydrogen) atoms. The van der Waals surface area contributed by atoms with Gasteiger partial charge in [-0.2, -0.15) is 0 Å². The van der Waals surface area contributed by atoms with Crippen molar-refractivity contribution in [1.29, 1.82) is 0 Å². The predicted octanol–water partition coefficient (Wildman–Crippen LogP) is 13.3. The molecular weight excluding hydrogens is 599 g/mol. The fourth-order valence-corrected chi connectivity index (χ4v) is 10.1. The van der Waals surface area contributed by atoms with Crippen molar-refractivity contribution in [1.82, 2.24) is 0 Å². The zero-order valence-corrected chi connectivity index (χ0v) is 28.5. The molecule has 7 aromatic carbocycles. The Morgan fingerprint density at radius 1 is 0.479 bits per heavy atom. The minimum atomic E-state index is -0.0939. The zero-order chi connectivity index (χ0) is 32.4. The van der Waals surface area contributed by atoms with Crippen LogP contribution in [0, 0.1) is 0 Å². The second-order valence-electron chi connectivity index (χ2n) is 14.5. The van der Waals surface area contributed by atoms with Gasteiger partial charge in [0.05, 0.1) is 16.1 Å². The lowest BCUT2D eigenvalue weighted by atomic mass is 9.82. The summed E-state index contributed by atoms with van der Waals surface area (Å²) in [4.78, 5) is 2.57. The Bertz CT molecular complexity index is 2630. The average Bonchev–Trinajstić information content (AvgIpc) is 3.70. The molecule has 0 fully saturated rings. The van der Waals surface area contributed by atoms with E-state index in [1.165, 1.54) is 92.5 Å². The van der Waals surface area contributed by atoms with Crippen LogP contribution in [0.2, 0.25) is 0 Å². The van der Waals surface area contributed by atoms with Crippen molar-refractivity contribution in [3.05, 3.63) is 162 Å². The van der Waals surface area contributed by atoms with Crippen LogP contribution in [0.5, 0.6) is 0 Å². The standard InChI is InChI=1S/C46H35NS/c1-45(2)36-19-10-8-16-33(36)43-37(45)20-12-21-39(43)47(29-24-25-32-31-15-7-9-18-35(31)46(3,4)38(32)27-29)40-22-11-17-34-42-30-14-6-5-13-28(30)23-26-41(42)48-44(34)40/h5-27H,1-4H3. The van der Waals surface area contributed by atoms with E-state index in [9.17, 15) is 0 Å². The van der Waals surface area contributed by atoms with Gasteiger partial charge in [-0.3, -0.25) is 0 Å². The number of thiophene rings is 1. The summed E-state index contributed by atoms with van der Waals surface area (Å²) in [5.41, 5.74) is 14.4. The van der Waals surface area contributed by atoms with Crippen LogP contribution >= 0.6 is 11.3 Å². The fourth-order valence-electron chi connectivity index (χ4n) is 8.89. The number of fused-ring (bicyclic) bond motifs is 11. The topological polar surface area (TPSA) is 3.24 Å². The van der Waals surface area contributed by atoms with Crippen molar-refractivity contribution in [3.63, 3.8) is 0 Å². The highest BCUT2D eigenvalue weighted by Gasteiger charge is 2.39. The SMILES string of the molecule is CC1(C)c2ccccc2-c2ccc(N(c3cccc4c3-c3ccccc3C4(C)C)c3cccc4c3sc3ccc5ccccc5c34)cc21. The molecule has 0 aliphatic heterocycles. The van der Waals surface area contributed by atoms with Crippen molar-refractivity contribution >= 4 is 59.3 Å². The fraction of sp³-hybridized carbons (Fsp3) is 0.130. The van der Waals surface area contributed by atoms with E-state index >= 15 is 0 Å². The van der Waals surface area contributed by atoms with Crippen LogP contribution in [0.1, 0.15) is 49.9 Å². The summed E-state index contributed by atoms with van der Waals surface area (Å²) in [5.74, 6) is 0. The molecule has 1 heterocycles. The highest BCUT2D eigenvalue weighted by molar-refractivity contribution is 7.26. The highest BCUT2D eigenvalue weighted by atomic mass is 32.1. The average molecular weight is 634 g/mol. The Balaban J connectivity index is 1.30. The van der Waals surface area contributed by atoms with Gasteiger partial charge < -0.3 is 4.90 Å². The van der Waals surface area contributed by atoms with E-state index < -0.39 is 0 Å². The summed E-state index contributed by atoms with van der Waals surface area (Å²) < 4.78 is 2.64. The Hall–Kier alpha value is -5.18. The monoisotopic (exact) mass is 633 g/mol. The Morgan fingerprint density at radius 3 is 1.96 bits per heavy atom. The molecule has 0 spiro atoms. The Morgan fingerprint density at radius 2 is 1.10 bits per heavy atom. The van der Waals surface area contributed by atoms with Gasteiger partial charge in [-0.05, 0) is 80.0 Å². The van der Waals surface area contributed by atoms with Gasteiger partial charge in [-0.25, -0.2) is 0 Å². The normalized spacial score (nSPS) is 15.0. The largest absolute Gasteiger partial charge is 0.308 e. The second kappa shape index (κ2) is 9.69. The molecule has 0 unspecified atom stereocenters. The molecule has 2 heteroatoms. The summed E-state index contributed by atoms with van der Waals surface area (Å²) in [6.45, 7) is 9.50. The maximum Gasteiger partial charge on any atom is 0.0640 e. The smallest absolute Gasteiger partial charge is 0.0640 e. The summed E-state index contributed by atoms with van der Waals surface area (Å²) in [6.07, 6.45) is 0. The maximum absolute atomic E-state index is 2.57. The number of anilines is 3. The maximum atomic E-state index is 2.57. The molecule has 0 N–H and O–H groups in total. The molecular formula is C46H35NS. The second-order valence-corrected chi connectivity index (χ2v) is 15.6. The molecule has 1 aromatic heterocycles. The van der Waals surface area contributed by atoms with Gasteiger partial charge in [0.15, 0.2) is 0 Å². The molecule has 0 radical (unpaired) electrons. The number of nitrogens with zero attached hydrogens (tertiary/aromatic N) is 1. The van der Waals surface area contributed by atoms with Gasteiger partial charge in [0.2, 0.25) is 0 Å². The van der Waals surface area contributed by atoms with Crippen molar-refractivity contribution < 1.29 is 0 Å². The zero-order valence-electron chi connectivity index (χ0n) is 27.6. The quantitative estimate of drug-likeness (QED) is 0.187. The van der Waals surface area contributed by atoms with Crippen LogP contribution < -0.4 is 4.90 Å². The van der Waals surface area contributed by atoms with Gasteiger partial charge in [0.25, 0.3) is 0 Å². The van der Waals surface area contributed by atoms with E-state index in [1.54, 1.807) is 0 Å². The number of benzene rings is 7. The van der Waals surface area contributed by atoms with Crippen LogP contribution in [0.4, 0.5) is 17.1 Å². The van der Waals surface area contributed by atoms with Crippen molar-refractivity contribution in [3.8, 4) is 22.3 Å². The van der Waals surface area contributed by atoms with Gasteiger partial charge in [-0.15, -0.1) is 11.3 Å². The molecule has 0 bridgehead atoms. The molecule has 10 rings (SSSR count). The van der Waals surface area contributed by atoms with Gasteiger partial charge in [0, 0.05) is 37.6 Å². The first-order chi connectivity index (χ1) is 23.3. The Kier molecular flexibility index (Phi) is 5.63. The number of rotatable bonds is 3. The first-order valence-electron chi connectivity index (χ1n) is 16.9. The third-order valence-electron chi connectivity index (χ3n) is 11.3. The van der Waals surface area contributed by atoms with Crippen molar-refractivity contribution in [2.75, 3.05) is 4.90 Å². The first kappa shape index (κ1) is 27.9. The van der Waals surface area contributed by atoms with Crippen molar-refractivity contribution in [2.24, 2.45) is 0 Å². The van der Waals surface area contributed by atoms with E-state index in [0.717, 1.165) is 0 Å². The molecule has 2 aliphatic rings. The van der Waals surface area contributed by atoms with Crippen LogP contribution in [-0.4, -0.2) is 0 Å². The number of hydrogen-bond donors (Lipinski definition) is 0. The summed E-state index contributed by atoms with van der Waals surface area (Å²) in [7, 11) is 0. The molecule has 0 saturated heterocycles. The van der Waals surface area contributed by atoms with Crippen LogP contribution in [0.3, 0.4) is 0 Å². The number of hydrogen-bond acceptors (Lipinski definition) is 2. The van der Waals surface area contributed by atoms with E-state index in [1.807, 2.05) is 11.3 Å². The highest BCUT2D eigenvalue weighted by Crippen LogP contribution is 2.57. The summed E-state index contributed by atoms with van der Waals surface area (Å²) in [6, 6.07) is 52.4. The molecule has 0 saturated carbocycles. The van der Waals surface area contributed by atoms with Gasteiger partial charge >= 0.3 is 0 Å². The third kappa shape index (κ3) is 3.61. The van der Waals surface area contributed by atoms with Crippen LogP contribution in [0.25, 0.3) is 53.2 Å².